The van der Waals surface area contributed by atoms with Gasteiger partial charge in [0.1, 0.15) is 0 Å². The van der Waals surface area contributed by atoms with Gasteiger partial charge in [-0.15, -0.1) is 0 Å². The maximum Gasteiger partial charge on any atom is 0.258 e. The number of carbonyl (C=O) groups is 1. The minimum atomic E-state index is -0.362. The molecule has 0 radical (unpaired) electrons. The van der Waals surface area contributed by atoms with Gasteiger partial charge in [-0.05, 0) is 55.6 Å². The molecule has 2 aromatic rings. The van der Waals surface area contributed by atoms with Gasteiger partial charge in [0.15, 0.2) is 0 Å². The number of carbonyl (C=O) groups excluding carboxylic acids is 1. The van der Waals surface area contributed by atoms with E-state index in [4.69, 9.17) is 0 Å². The van der Waals surface area contributed by atoms with Crippen LogP contribution in [0.4, 0.5) is 0 Å². The van der Waals surface area contributed by atoms with E-state index in [-0.39, 0.29) is 42.0 Å². The van der Waals surface area contributed by atoms with E-state index in [2.05, 4.69) is 15.2 Å². The fourth-order valence-corrected chi connectivity index (χ4v) is 6.20. The van der Waals surface area contributed by atoms with Gasteiger partial charge in [0.25, 0.3) is 5.56 Å². The van der Waals surface area contributed by atoms with Crippen molar-refractivity contribution in [3.8, 4) is 11.1 Å². The molecule has 2 aliphatic heterocycles. The number of likely N-dealkylation sites (N-methyl/N-ethyl adjacent to an activating group) is 1. The van der Waals surface area contributed by atoms with Gasteiger partial charge < -0.3 is 15.0 Å². The number of hydrogen-bond acceptors (Lipinski definition) is 5. The lowest BCUT2D eigenvalue weighted by Crippen LogP contribution is -2.44. The Morgan fingerprint density at radius 1 is 1.16 bits per heavy atom. The van der Waals surface area contributed by atoms with E-state index < -0.39 is 0 Å². The molecule has 1 amide bonds. The third-order valence-corrected chi connectivity index (χ3v) is 7.93. The molecule has 0 aromatic carbocycles. The molecule has 4 atom stereocenters. The maximum atomic E-state index is 13.4. The quantitative estimate of drug-likeness (QED) is 0.750. The fraction of sp³-hybridized carbons (Fsp3) is 0.560. The molecule has 4 heterocycles. The summed E-state index contributed by atoms with van der Waals surface area (Å²) in [6.07, 6.45) is 9.50. The number of amides is 1. The highest BCUT2D eigenvalue weighted by Crippen LogP contribution is 2.47. The Labute approximate surface area is 188 Å². The normalized spacial score (nSPS) is 27.8. The summed E-state index contributed by atoms with van der Waals surface area (Å²) in [5.41, 5.74) is 2.29. The molecule has 5 rings (SSSR count). The first-order chi connectivity index (χ1) is 15.6. The Morgan fingerprint density at radius 3 is 2.62 bits per heavy atom. The topological polar surface area (TPSA) is 87.5 Å². The van der Waals surface area contributed by atoms with Crippen molar-refractivity contribution in [1.82, 2.24) is 19.8 Å². The Bertz CT molecular complexity index is 1030. The summed E-state index contributed by atoms with van der Waals surface area (Å²) in [4.78, 5) is 33.0. The van der Waals surface area contributed by atoms with Gasteiger partial charge in [-0.2, -0.15) is 0 Å². The molecule has 7 nitrogen and oxygen atoms in total. The Kier molecular flexibility index (Phi) is 5.86. The van der Waals surface area contributed by atoms with E-state index in [1.807, 2.05) is 35.9 Å². The molecular formula is C25H32N4O3. The number of rotatable bonds is 5. The zero-order valence-electron chi connectivity index (χ0n) is 18.6. The number of aliphatic hydroxyl groups excluding tert-OH is 1. The summed E-state index contributed by atoms with van der Waals surface area (Å²) in [5, 5.41) is 13.5. The Morgan fingerprint density at radius 2 is 1.91 bits per heavy atom. The van der Waals surface area contributed by atoms with E-state index in [9.17, 15) is 14.7 Å². The van der Waals surface area contributed by atoms with Crippen molar-refractivity contribution >= 4 is 5.91 Å². The first-order valence-electron chi connectivity index (χ1n) is 11.8. The predicted molar refractivity (Wildman–Crippen MR) is 122 cm³/mol. The second kappa shape index (κ2) is 8.79. The van der Waals surface area contributed by atoms with E-state index >= 15 is 0 Å². The molecule has 1 saturated carbocycles. The minimum absolute atomic E-state index is 0.00748. The van der Waals surface area contributed by atoms with E-state index in [0.717, 1.165) is 11.3 Å². The van der Waals surface area contributed by atoms with Gasteiger partial charge in [0.2, 0.25) is 5.91 Å². The van der Waals surface area contributed by atoms with Crippen LogP contribution in [0.2, 0.25) is 0 Å². The summed E-state index contributed by atoms with van der Waals surface area (Å²) in [5.74, 6) is 0.00300. The molecule has 2 bridgehead atoms. The summed E-state index contributed by atoms with van der Waals surface area (Å²) >= 11 is 0. The molecule has 3 aliphatic rings. The highest BCUT2D eigenvalue weighted by atomic mass is 16.3. The standard InChI is InChI=1S/C25H32N4O3/c1-28-21-14-29-20(8-7-18(25(29)32)17-9-11-26-12-10-17)23(28)22(19(21)15-30)24(31)27-13-16-5-3-2-4-6-16/h7-12,16,19,21-23,30H,2-6,13-15H2,1H3,(H,27,31)/t19-,21-,22+,23+/m1/s1. The monoisotopic (exact) mass is 436 g/mol. The smallest absolute Gasteiger partial charge is 0.258 e. The molecule has 0 unspecified atom stereocenters. The van der Waals surface area contributed by atoms with Crippen molar-refractivity contribution in [3.05, 3.63) is 52.7 Å². The Balaban J connectivity index is 1.45. The van der Waals surface area contributed by atoms with Crippen molar-refractivity contribution in [2.45, 2.75) is 50.7 Å². The molecule has 1 aliphatic carbocycles. The van der Waals surface area contributed by atoms with E-state index in [0.29, 0.717) is 24.6 Å². The fourth-order valence-electron chi connectivity index (χ4n) is 6.20. The van der Waals surface area contributed by atoms with Gasteiger partial charge in [-0.25, -0.2) is 0 Å². The lowest BCUT2D eigenvalue weighted by atomic mass is 9.85. The molecule has 170 valence electrons. The SMILES string of the molecule is CN1[C@@H]2Cn3c(ccc(-c4ccncc4)c3=O)[C@H]1[C@@H](C(=O)NCC1CCCCC1)[C@@H]2CO. The van der Waals surface area contributed by atoms with Crippen molar-refractivity contribution in [3.63, 3.8) is 0 Å². The summed E-state index contributed by atoms with van der Waals surface area (Å²) in [7, 11) is 2.01. The van der Waals surface area contributed by atoms with Crippen LogP contribution in [0.1, 0.15) is 43.8 Å². The highest BCUT2D eigenvalue weighted by Gasteiger charge is 2.54. The zero-order chi connectivity index (χ0) is 22.2. The van der Waals surface area contributed by atoms with Gasteiger partial charge in [-0.1, -0.05) is 19.3 Å². The molecule has 0 spiro atoms. The van der Waals surface area contributed by atoms with Crippen LogP contribution in [0.15, 0.2) is 41.5 Å². The minimum Gasteiger partial charge on any atom is -0.396 e. The molecule has 2 fully saturated rings. The van der Waals surface area contributed by atoms with Gasteiger partial charge in [-0.3, -0.25) is 19.5 Å². The van der Waals surface area contributed by atoms with Gasteiger partial charge >= 0.3 is 0 Å². The van der Waals surface area contributed by atoms with Gasteiger partial charge in [0, 0.05) is 55.3 Å². The van der Waals surface area contributed by atoms with Crippen molar-refractivity contribution in [2.24, 2.45) is 17.8 Å². The third kappa shape index (κ3) is 3.57. The van der Waals surface area contributed by atoms with Crippen LogP contribution in [0.3, 0.4) is 0 Å². The Hall–Kier alpha value is -2.51. The van der Waals surface area contributed by atoms with Crippen LogP contribution in [0, 0.1) is 17.8 Å². The van der Waals surface area contributed by atoms with Crippen LogP contribution in [0.25, 0.3) is 11.1 Å². The van der Waals surface area contributed by atoms with Crippen LogP contribution in [-0.4, -0.2) is 51.7 Å². The van der Waals surface area contributed by atoms with Crippen LogP contribution >= 0.6 is 0 Å². The molecular weight excluding hydrogens is 404 g/mol. The predicted octanol–water partition coefficient (Wildman–Crippen LogP) is 2.20. The van der Waals surface area contributed by atoms with Crippen molar-refractivity contribution < 1.29 is 9.90 Å². The van der Waals surface area contributed by atoms with E-state index in [1.54, 1.807) is 12.4 Å². The summed E-state index contributed by atoms with van der Waals surface area (Å²) < 4.78 is 1.82. The number of aliphatic hydroxyl groups is 1. The highest BCUT2D eigenvalue weighted by molar-refractivity contribution is 5.80. The first kappa shape index (κ1) is 21.3. The lowest BCUT2D eigenvalue weighted by Gasteiger charge is -2.35. The number of aromatic nitrogens is 2. The molecule has 7 heteroatoms. The number of pyridine rings is 2. The molecule has 2 aromatic heterocycles. The maximum absolute atomic E-state index is 13.4. The zero-order valence-corrected chi connectivity index (χ0v) is 18.6. The second-order valence-electron chi connectivity index (χ2n) is 9.62. The largest absolute Gasteiger partial charge is 0.396 e. The average molecular weight is 437 g/mol. The number of fused-ring (bicyclic) bond motifs is 4. The van der Waals surface area contributed by atoms with E-state index in [1.165, 1.54) is 32.1 Å². The van der Waals surface area contributed by atoms with Crippen LogP contribution in [-0.2, 0) is 11.3 Å². The van der Waals surface area contributed by atoms with Crippen LogP contribution < -0.4 is 10.9 Å². The van der Waals surface area contributed by atoms with Crippen LogP contribution in [0.5, 0.6) is 0 Å². The van der Waals surface area contributed by atoms with Crippen molar-refractivity contribution in [2.75, 3.05) is 20.2 Å². The number of hydrogen-bond donors (Lipinski definition) is 2. The molecule has 2 N–H and O–H groups in total. The number of nitrogens with one attached hydrogen (secondary N) is 1. The lowest BCUT2D eigenvalue weighted by molar-refractivity contribution is -0.127. The summed E-state index contributed by atoms with van der Waals surface area (Å²) in [6.45, 7) is 1.13. The number of nitrogens with zero attached hydrogens (tertiary/aromatic N) is 3. The summed E-state index contributed by atoms with van der Waals surface area (Å²) in [6, 6.07) is 7.26. The molecule has 32 heavy (non-hydrogen) atoms. The molecule has 1 saturated heterocycles. The third-order valence-electron chi connectivity index (χ3n) is 7.93. The second-order valence-corrected chi connectivity index (χ2v) is 9.62. The first-order valence-corrected chi connectivity index (χ1v) is 11.8. The average Bonchev–Trinajstić information content (AvgIpc) is 3.01. The van der Waals surface area contributed by atoms with Crippen molar-refractivity contribution in [1.29, 1.82) is 0 Å². The van der Waals surface area contributed by atoms with Gasteiger partial charge in [0.05, 0.1) is 12.0 Å².